The quantitative estimate of drug-likeness (QED) is 0.572. The van der Waals surface area contributed by atoms with E-state index in [-0.39, 0.29) is 18.0 Å². The summed E-state index contributed by atoms with van der Waals surface area (Å²) in [6.07, 6.45) is 6.66. The lowest BCUT2D eigenvalue weighted by molar-refractivity contribution is -0.126. The largest absolute Gasteiger partial charge is 0.369 e. The zero-order valence-corrected chi connectivity index (χ0v) is 17.5. The number of nitrogens with zero attached hydrogens (tertiary/aromatic N) is 4. The molecule has 0 spiro atoms. The Morgan fingerprint density at radius 3 is 2.93 bits per heavy atom. The maximum atomic E-state index is 12.6. The van der Waals surface area contributed by atoms with E-state index in [4.69, 9.17) is 0 Å². The van der Waals surface area contributed by atoms with Crippen LogP contribution >= 0.6 is 0 Å². The summed E-state index contributed by atoms with van der Waals surface area (Å²) < 4.78 is 0. The Balaban J connectivity index is 1.38. The molecule has 0 aromatic carbocycles. The highest BCUT2D eigenvalue weighted by Crippen LogP contribution is 2.21. The highest BCUT2D eigenvalue weighted by Gasteiger charge is 2.32. The van der Waals surface area contributed by atoms with Crippen LogP contribution in [0.3, 0.4) is 0 Å². The summed E-state index contributed by atoms with van der Waals surface area (Å²) >= 11 is 0. The van der Waals surface area contributed by atoms with Crippen molar-refractivity contribution < 1.29 is 4.79 Å². The average Bonchev–Trinajstić information content (AvgIpc) is 3.29. The first-order chi connectivity index (χ1) is 13.5. The van der Waals surface area contributed by atoms with E-state index in [1.54, 1.807) is 0 Å². The lowest BCUT2D eigenvalue weighted by Gasteiger charge is -2.28. The van der Waals surface area contributed by atoms with Gasteiger partial charge in [-0.2, -0.15) is 5.10 Å². The van der Waals surface area contributed by atoms with Gasteiger partial charge in [0.2, 0.25) is 5.91 Å². The number of aromatic amines is 1. The first-order valence-electron chi connectivity index (χ1n) is 10.4. The number of hydrogen-bond donors (Lipinski definition) is 3. The maximum Gasteiger partial charge on any atom is 0.237 e. The summed E-state index contributed by atoms with van der Waals surface area (Å²) in [5.74, 6) is 1.02. The van der Waals surface area contributed by atoms with Crippen LogP contribution in [0, 0.1) is 6.92 Å². The maximum absolute atomic E-state index is 12.6. The minimum atomic E-state index is 0.0440. The molecule has 3 N–H and O–H groups in total. The molecule has 1 fully saturated rings. The topological polar surface area (TPSA) is 98.8 Å². The lowest BCUT2D eigenvalue weighted by atomic mass is 10.1. The van der Waals surface area contributed by atoms with Crippen LogP contribution in [0.15, 0.2) is 6.33 Å². The van der Waals surface area contributed by atoms with E-state index < -0.39 is 0 Å². The van der Waals surface area contributed by atoms with Gasteiger partial charge in [-0.05, 0) is 66.3 Å². The van der Waals surface area contributed by atoms with Gasteiger partial charge in [-0.25, -0.2) is 9.97 Å². The number of hydrogen-bond acceptors (Lipinski definition) is 6. The van der Waals surface area contributed by atoms with E-state index in [1.165, 1.54) is 6.33 Å². The van der Waals surface area contributed by atoms with E-state index in [2.05, 4.69) is 56.5 Å². The number of nitrogens with one attached hydrogen (secondary N) is 3. The summed E-state index contributed by atoms with van der Waals surface area (Å²) in [6.45, 7) is 10.3. The molecule has 8 heteroatoms. The number of fused-ring (bicyclic) bond motifs is 1. The number of amides is 1. The van der Waals surface area contributed by atoms with Gasteiger partial charge in [0, 0.05) is 24.3 Å². The van der Waals surface area contributed by atoms with Crippen molar-refractivity contribution in [2.75, 3.05) is 18.4 Å². The minimum absolute atomic E-state index is 0.0440. The van der Waals surface area contributed by atoms with Crippen molar-refractivity contribution in [1.82, 2.24) is 30.4 Å². The fourth-order valence-electron chi connectivity index (χ4n) is 4.02. The molecule has 0 aliphatic carbocycles. The first kappa shape index (κ1) is 20.5. The number of unbranched alkanes of at least 4 members (excludes halogenated alkanes) is 1. The number of likely N-dealkylation sites (tertiary alicyclic amines) is 1. The second-order valence-electron chi connectivity index (χ2n) is 8.09. The first-order valence-corrected chi connectivity index (χ1v) is 10.4. The highest BCUT2D eigenvalue weighted by molar-refractivity contribution is 5.88. The van der Waals surface area contributed by atoms with E-state index in [9.17, 15) is 4.79 Å². The predicted octanol–water partition coefficient (Wildman–Crippen LogP) is 2.62. The van der Waals surface area contributed by atoms with Gasteiger partial charge in [0.15, 0.2) is 5.65 Å². The Morgan fingerprint density at radius 2 is 2.14 bits per heavy atom. The van der Waals surface area contributed by atoms with E-state index >= 15 is 0 Å². The summed E-state index contributed by atoms with van der Waals surface area (Å²) in [7, 11) is 0. The number of H-pyrrole nitrogens is 1. The van der Waals surface area contributed by atoms with Crippen molar-refractivity contribution in [2.45, 2.75) is 77.9 Å². The van der Waals surface area contributed by atoms with Crippen molar-refractivity contribution >= 4 is 22.8 Å². The second kappa shape index (κ2) is 9.32. The van der Waals surface area contributed by atoms with Gasteiger partial charge in [-0.1, -0.05) is 0 Å². The van der Waals surface area contributed by atoms with Gasteiger partial charge in [0.05, 0.1) is 11.4 Å². The molecule has 28 heavy (non-hydrogen) atoms. The molecule has 3 heterocycles. The molecule has 0 radical (unpaired) electrons. The van der Waals surface area contributed by atoms with Crippen LogP contribution in [0.25, 0.3) is 11.0 Å². The molecule has 0 saturated carbocycles. The zero-order chi connectivity index (χ0) is 20.1. The average molecular weight is 388 g/mol. The summed E-state index contributed by atoms with van der Waals surface area (Å²) in [5.41, 5.74) is 1.66. The SMILES string of the molecule is Cc1[nH]nc2ncnc(NCCCCC(C)NC(=O)C3CCCN3C(C)C)c12. The number of carbonyl (C=O) groups excluding carboxylic acids is 1. The number of carbonyl (C=O) groups is 1. The fourth-order valence-corrected chi connectivity index (χ4v) is 4.02. The van der Waals surface area contributed by atoms with Crippen molar-refractivity contribution in [1.29, 1.82) is 0 Å². The van der Waals surface area contributed by atoms with Crippen molar-refractivity contribution in [3.63, 3.8) is 0 Å². The molecule has 2 atom stereocenters. The predicted molar refractivity (Wildman–Crippen MR) is 111 cm³/mol. The Labute approximate surface area is 166 Å². The summed E-state index contributed by atoms with van der Waals surface area (Å²) in [5, 5.41) is 14.7. The third kappa shape index (κ3) is 4.79. The van der Waals surface area contributed by atoms with Crippen LogP contribution in [0.1, 0.15) is 58.6 Å². The Morgan fingerprint density at radius 1 is 1.32 bits per heavy atom. The van der Waals surface area contributed by atoms with Crippen LogP contribution in [0.4, 0.5) is 5.82 Å². The van der Waals surface area contributed by atoms with Crippen LogP contribution < -0.4 is 10.6 Å². The molecule has 2 aromatic heterocycles. The number of rotatable bonds is 9. The molecular weight excluding hydrogens is 354 g/mol. The van der Waals surface area contributed by atoms with Crippen LogP contribution in [-0.4, -0.2) is 62.2 Å². The van der Waals surface area contributed by atoms with Crippen molar-refractivity contribution in [2.24, 2.45) is 0 Å². The molecule has 8 nitrogen and oxygen atoms in total. The number of anilines is 1. The third-order valence-corrected chi connectivity index (χ3v) is 5.54. The van der Waals surface area contributed by atoms with E-state index in [0.717, 1.165) is 62.1 Å². The Hall–Kier alpha value is -2.22. The molecule has 1 saturated heterocycles. The van der Waals surface area contributed by atoms with Gasteiger partial charge in [0.1, 0.15) is 12.1 Å². The molecule has 1 aliphatic rings. The zero-order valence-electron chi connectivity index (χ0n) is 17.5. The second-order valence-corrected chi connectivity index (χ2v) is 8.09. The minimum Gasteiger partial charge on any atom is -0.369 e. The summed E-state index contributed by atoms with van der Waals surface area (Å²) in [6, 6.07) is 0.665. The number of aryl methyl sites for hydroxylation is 1. The monoisotopic (exact) mass is 387 g/mol. The van der Waals surface area contributed by atoms with Crippen LogP contribution in [-0.2, 0) is 4.79 Å². The smallest absolute Gasteiger partial charge is 0.237 e. The normalized spacial score (nSPS) is 18.7. The Bertz CT molecular complexity index is 788. The van der Waals surface area contributed by atoms with Crippen LogP contribution in [0.5, 0.6) is 0 Å². The standard InChI is InChI=1S/C20H33N7O/c1-13(2)27-11-7-9-16(27)20(28)24-14(3)8-5-6-10-21-18-17-15(4)25-26-19(17)23-12-22-18/h12-14,16H,5-11H2,1-4H3,(H,24,28)(H2,21,22,23,25,26). The van der Waals surface area contributed by atoms with E-state index in [0.29, 0.717) is 11.7 Å². The molecule has 1 amide bonds. The van der Waals surface area contributed by atoms with Crippen LogP contribution in [0.2, 0.25) is 0 Å². The number of aromatic nitrogens is 4. The van der Waals surface area contributed by atoms with Gasteiger partial charge < -0.3 is 10.6 Å². The van der Waals surface area contributed by atoms with Gasteiger partial charge in [-0.3, -0.25) is 14.8 Å². The molecule has 2 unspecified atom stereocenters. The molecule has 3 rings (SSSR count). The van der Waals surface area contributed by atoms with Gasteiger partial charge >= 0.3 is 0 Å². The molecule has 0 bridgehead atoms. The third-order valence-electron chi connectivity index (χ3n) is 5.54. The van der Waals surface area contributed by atoms with Gasteiger partial charge in [-0.15, -0.1) is 0 Å². The lowest BCUT2D eigenvalue weighted by Crippen LogP contribution is -2.48. The molecular formula is C20H33N7O. The fraction of sp³-hybridized carbons (Fsp3) is 0.700. The van der Waals surface area contributed by atoms with E-state index in [1.807, 2.05) is 6.92 Å². The molecule has 2 aromatic rings. The summed E-state index contributed by atoms with van der Waals surface area (Å²) in [4.78, 5) is 23.4. The highest BCUT2D eigenvalue weighted by atomic mass is 16.2. The van der Waals surface area contributed by atoms with Crippen molar-refractivity contribution in [3.8, 4) is 0 Å². The molecule has 1 aliphatic heterocycles. The van der Waals surface area contributed by atoms with Crippen molar-refractivity contribution in [3.05, 3.63) is 12.0 Å². The Kier molecular flexibility index (Phi) is 6.83. The molecule has 154 valence electrons. The van der Waals surface area contributed by atoms with Gasteiger partial charge in [0.25, 0.3) is 0 Å².